The Morgan fingerprint density at radius 1 is 0.879 bits per heavy atom. The Bertz CT molecular complexity index is 1080. The lowest BCUT2D eigenvalue weighted by Crippen LogP contribution is -2.25. The minimum absolute atomic E-state index is 0.0201. The molecule has 2 aliphatic carbocycles. The summed E-state index contributed by atoms with van der Waals surface area (Å²) < 4.78 is 0. The summed E-state index contributed by atoms with van der Waals surface area (Å²) in [5, 5.41) is 18.6. The van der Waals surface area contributed by atoms with E-state index in [0.29, 0.717) is 13.2 Å². The molecule has 2 aromatic heterocycles. The smallest absolute Gasteiger partial charge is 0.125 e. The van der Waals surface area contributed by atoms with Gasteiger partial charge in [0, 0.05) is 16.8 Å². The van der Waals surface area contributed by atoms with Crippen LogP contribution in [0.2, 0.25) is 0 Å². The molecule has 0 unspecified atom stereocenters. The second-order valence-corrected chi connectivity index (χ2v) is 9.86. The molecular weight excluding hydrogens is 416 g/mol. The van der Waals surface area contributed by atoms with Gasteiger partial charge < -0.3 is 14.8 Å². The number of aliphatic hydroxyl groups excluding tert-OH is 1. The van der Waals surface area contributed by atoms with Crippen molar-refractivity contribution >= 4 is 11.4 Å². The molecule has 0 aliphatic heterocycles. The minimum Gasteiger partial charge on any atom is -0.395 e. The zero-order chi connectivity index (χ0) is 23.4. The molecular formula is C26H34N4O3. The molecule has 0 radical (unpaired) electrons. The summed E-state index contributed by atoms with van der Waals surface area (Å²) in [7, 11) is 0. The molecule has 0 fully saturated rings. The Kier molecular flexibility index (Phi) is 7.08. The molecule has 33 heavy (non-hydrogen) atoms. The summed E-state index contributed by atoms with van der Waals surface area (Å²) in [6, 6.07) is 6.15. The Morgan fingerprint density at radius 3 is 2.21 bits per heavy atom. The number of nitrogens with zero attached hydrogens (tertiary/aromatic N) is 4. The fourth-order valence-electron chi connectivity index (χ4n) is 4.37. The molecule has 0 bridgehead atoms. The fourth-order valence-corrected chi connectivity index (χ4v) is 4.37. The van der Waals surface area contributed by atoms with Crippen molar-refractivity contribution in [3.8, 4) is 0 Å². The van der Waals surface area contributed by atoms with Gasteiger partial charge >= 0.3 is 0 Å². The number of aromatic nitrogens is 2. The van der Waals surface area contributed by atoms with E-state index < -0.39 is 0 Å². The molecule has 2 heterocycles. The topological polar surface area (TPSA) is 89.2 Å². The molecule has 7 heteroatoms. The summed E-state index contributed by atoms with van der Waals surface area (Å²) in [5.74, 6) is 0. The van der Waals surface area contributed by atoms with Gasteiger partial charge in [-0.2, -0.15) is 0 Å². The second kappa shape index (κ2) is 10.00. The van der Waals surface area contributed by atoms with E-state index in [9.17, 15) is 5.11 Å². The number of hydrogen-bond acceptors (Lipinski definition) is 7. The monoisotopic (exact) mass is 450 g/mol. The maximum absolute atomic E-state index is 9.70. The van der Waals surface area contributed by atoms with E-state index in [-0.39, 0.29) is 12.0 Å². The summed E-state index contributed by atoms with van der Waals surface area (Å²) in [6.07, 6.45) is 5.70. The van der Waals surface area contributed by atoms with E-state index in [1.807, 2.05) is 19.9 Å². The molecule has 2 aliphatic rings. The number of pyridine rings is 2. The van der Waals surface area contributed by atoms with Gasteiger partial charge in [-0.3, -0.25) is 9.97 Å². The lowest BCUT2D eigenvalue weighted by molar-refractivity contribution is -0.000313. The van der Waals surface area contributed by atoms with Crippen LogP contribution < -0.4 is 0 Å². The third kappa shape index (κ3) is 5.58. The highest BCUT2D eigenvalue weighted by atomic mass is 16.6. The van der Waals surface area contributed by atoms with Crippen molar-refractivity contribution in [1.82, 2.24) is 9.97 Å². The van der Waals surface area contributed by atoms with Crippen LogP contribution in [0.3, 0.4) is 0 Å². The van der Waals surface area contributed by atoms with Crippen molar-refractivity contribution in [2.24, 2.45) is 15.7 Å². The van der Waals surface area contributed by atoms with Crippen LogP contribution in [0.5, 0.6) is 0 Å². The van der Waals surface area contributed by atoms with E-state index in [1.54, 1.807) is 0 Å². The van der Waals surface area contributed by atoms with Gasteiger partial charge in [0.15, 0.2) is 0 Å². The van der Waals surface area contributed by atoms with Crippen LogP contribution in [0.25, 0.3) is 0 Å². The van der Waals surface area contributed by atoms with Crippen LogP contribution in [-0.2, 0) is 29.1 Å². The van der Waals surface area contributed by atoms with Crippen LogP contribution in [0.4, 0.5) is 0 Å². The number of aliphatic hydroxyl groups is 1. The standard InChI is InChI=1S/C26H34N4O3/c1-17-11-12-19-7-5-9-22(24(19)27-17)29-32-15-26(3,4)16-33-30-23-10-6-8-21-20(14-31)13-18(2)28-25(21)23/h11-13,31H,5-10,14-16H2,1-4H3. The molecule has 7 nitrogen and oxygen atoms in total. The van der Waals surface area contributed by atoms with Crippen molar-refractivity contribution in [3.05, 3.63) is 57.7 Å². The fraction of sp³-hybridized carbons (Fsp3) is 0.538. The van der Waals surface area contributed by atoms with E-state index in [4.69, 9.17) is 9.68 Å². The van der Waals surface area contributed by atoms with E-state index in [0.717, 1.165) is 83.9 Å². The maximum Gasteiger partial charge on any atom is 0.125 e. The predicted molar refractivity (Wildman–Crippen MR) is 129 cm³/mol. The van der Waals surface area contributed by atoms with Gasteiger partial charge in [-0.05, 0) is 81.2 Å². The minimum atomic E-state index is -0.264. The first-order valence-electron chi connectivity index (χ1n) is 11.8. The summed E-state index contributed by atoms with van der Waals surface area (Å²) in [5.41, 5.74) is 8.51. The molecule has 2 aromatic rings. The van der Waals surface area contributed by atoms with Crippen LogP contribution in [-0.4, -0.2) is 39.7 Å². The molecule has 0 amide bonds. The highest BCUT2D eigenvalue weighted by Crippen LogP contribution is 2.26. The Balaban J connectivity index is 1.38. The average Bonchev–Trinajstić information content (AvgIpc) is 2.79. The third-order valence-electron chi connectivity index (χ3n) is 6.14. The molecule has 1 N–H and O–H groups in total. The lowest BCUT2D eigenvalue weighted by Gasteiger charge is -2.23. The summed E-state index contributed by atoms with van der Waals surface area (Å²) in [6.45, 7) is 8.94. The van der Waals surface area contributed by atoms with Gasteiger partial charge in [-0.1, -0.05) is 30.2 Å². The van der Waals surface area contributed by atoms with Gasteiger partial charge in [0.25, 0.3) is 0 Å². The summed E-state index contributed by atoms with van der Waals surface area (Å²) in [4.78, 5) is 20.9. The molecule has 0 saturated heterocycles. The third-order valence-corrected chi connectivity index (χ3v) is 6.14. The highest BCUT2D eigenvalue weighted by Gasteiger charge is 2.24. The van der Waals surface area contributed by atoms with Crippen molar-refractivity contribution in [1.29, 1.82) is 0 Å². The first-order chi connectivity index (χ1) is 15.9. The van der Waals surface area contributed by atoms with Gasteiger partial charge in [0.05, 0.1) is 18.0 Å². The zero-order valence-electron chi connectivity index (χ0n) is 20.1. The van der Waals surface area contributed by atoms with Gasteiger partial charge in [0.2, 0.25) is 0 Å². The van der Waals surface area contributed by atoms with E-state index in [1.165, 1.54) is 5.56 Å². The lowest BCUT2D eigenvalue weighted by atomic mass is 9.90. The van der Waals surface area contributed by atoms with Crippen LogP contribution in [0, 0.1) is 19.3 Å². The highest BCUT2D eigenvalue weighted by molar-refractivity contribution is 6.01. The van der Waals surface area contributed by atoms with Gasteiger partial charge in [-0.15, -0.1) is 0 Å². The summed E-state index contributed by atoms with van der Waals surface area (Å²) >= 11 is 0. The van der Waals surface area contributed by atoms with Crippen LogP contribution in [0.1, 0.15) is 79.0 Å². The van der Waals surface area contributed by atoms with Crippen LogP contribution in [0.15, 0.2) is 28.5 Å². The zero-order valence-corrected chi connectivity index (χ0v) is 20.1. The normalized spacial score (nSPS) is 18.2. The molecule has 176 valence electrons. The van der Waals surface area contributed by atoms with Crippen LogP contribution >= 0.6 is 0 Å². The quantitative estimate of drug-likeness (QED) is 0.631. The molecule has 0 saturated carbocycles. The number of rotatable bonds is 7. The number of fused-ring (bicyclic) bond motifs is 2. The SMILES string of the molecule is Cc1ccc2c(n1)C(=NOCC(C)(C)CON=C1CCCc3c(CO)cc(C)nc31)CCC2. The molecule has 4 rings (SSSR count). The van der Waals surface area contributed by atoms with Crippen molar-refractivity contribution in [2.75, 3.05) is 13.2 Å². The first kappa shape index (κ1) is 23.4. The number of oxime groups is 2. The second-order valence-electron chi connectivity index (χ2n) is 9.86. The molecule has 0 aromatic carbocycles. The number of hydrogen-bond donors (Lipinski definition) is 1. The Hall–Kier alpha value is -2.80. The largest absolute Gasteiger partial charge is 0.395 e. The van der Waals surface area contributed by atoms with Crippen molar-refractivity contribution in [2.45, 2.75) is 72.8 Å². The maximum atomic E-state index is 9.70. The first-order valence-corrected chi connectivity index (χ1v) is 11.8. The Labute approximate surface area is 195 Å². The predicted octanol–water partition coefficient (Wildman–Crippen LogP) is 4.43. The van der Waals surface area contributed by atoms with Crippen molar-refractivity contribution in [3.63, 3.8) is 0 Å². The van der Waals surface area contributed by atoms with E-state index >= 15 is 0 Å². The molecule has 0 spiro atoms. The Morgan fingerprint density at radius 2 is 1.52 bits per heavy atom. The molecule has 0 atom stereocenters. The van der Waals surface area contributed by atoms with Gasteiger partial charge in [-0.25, -0.2) is 0 Å². The van der Waals surface area contributed by atoms with Gasteiger partial charge in [0.1, 0.15) is 24.6 Å². The average molecular weight is 451 g/mol. The number of aryl methyl sites for hydroxylation is 3. The van der Waals surface area contributed by atoms with E-state index in [2.05, 4.69) is 46.3 Å². The van der Waals surface area contributed by atoms with Crippen molar-refractivity contribution < 1.29 is 14.8 Å².